The number of aliphatic hydroxyl groups is 1. The molecule has 0 heterocycles. The van der Waals surface area contributed by atoms with Gasteiger partial charge in [0.15, 0.2) is 0 Å². The summed E-state index contributed by atoms with van der Waals surface area (Å²) >= 11 is 0. The van der Waals surface area contributed by atoms with E-state index in [4.69, 9.17) is 10.2 Å². The summed E-state index contributed by atoms with van der Waals surface area (Å²) in [5, 5.41) is 17.7. The lowest BCUT2D eigenvalue weighted by molar-refractivity contribution is -0.143. The molecule has 0 aromatic carbocycles. The number of carboxylic acids is 1. The summed E-state index contributed by atoms with van der Waals surface area (Å²) in [4.78, 5) is 10.7. The number of aliphatic carboxylic acids is 1. The minimum atomic E-state index is -0.873. The highest BCUT2D eigenvalue weighted by Crippen LogP contribution is 2.21. The van der Waals surface area contributed by atoms with Crippen LogP contribution in [0, 0.1) is 11.8 Å². The van der Waals surface area contributed by atoms with Gasteiger partial charge in [-0.25, -0.2) is 0 Å². The zero-order valence-corrected chi connectivity index (χ0v) is 9.20. The van der Waals surface area contributed by atoms with Gasteiger partial charge < -0.3 is 10.2 Å². The predicted octanol–water partition coefficient (Wildman–Crippen LogP) is 2.29. The van der Waals surface area contributed by atoms with Crippen molar-refractivity contribution in [2.24, 2.45) is 11.8 Å². The molecule has 0 fully saturated rings. The number of hydrogen-bond donors (Lipinski definition) is 2. The van der Waals surface area contributed by atoms with Crippen LogP contribution in [0.4, 0.5) is 0 Å². The fraction of sp³-hybridized carbons (Fsp3) is 0.909. The van der Waals surface area contributed by atoms with Gasteiger partial charge in [0.05, 0.1) is 12.5 Å². The molecule has 0 rings (SSSR count). The van der Waals surface area contributed by atoms with Crippen molar-refractivity contribution < 1.29 is 15.0 Å². The van der Waals surface area contributed by atoms with E-state index in [1.165, 1.54) is 0 Å². The first-order chi connectivity index (χ1) is 6.65. The van der Waals surface area contributed by atoms with Crippen molar-refractivity contribution in [3.05, 3.63) is 0 Å². The smallest absolute Gasteiger partial charge is 0.308 e. The van der Waals surface area contributed by atoms with Crippen molar-refractivity contribution in [1.82, 2.24) is 0 Å². The van der Waals surface area contributed by atoms with Crippen molar-refractivity contribution in [1.29, 1.82) is 0 Å². The van der Waals surface area contributed by atoms with E-state index in [9.17, 15) is 4.79 Å². The largest absolute Gasteiger partial charge is 0.481 e. The van der Waals surface area contributed by atoms with Crippen LogP contribution < -0.4 is 0 Å². The van der Waals surface area contributed by atoms with E-state index in [1.807, 2.05) is 0 Å². The van der Waals surface area contributed by atoms with Crippen LogP contribution in [0.2, 0.25) is 0 Å². The van der Waals surface area contributed by atoms with Crippen molar-refractivity contribution in [3.8, 4) is 0 Å². The van der Waals surface area contributed by atoms with Crippen LogP contribution in [0.3, 0.4) is 0 Å². The van der Waals surface area contributed by atoms with Gasteiger partial charge in [-0.05, 0) is 12.3 Å². The van der Waals surface area contributed by atoms with Crippen LogP contribution >= 0.6 is 0 Å². The van der Waals surface area contributed by atoms with E-state index in [2.05, 4.69) is 13.8 Å². The van der Waals surface area contributed by atoms with Gasteiger partial charge in [-0.2, -0.15) is 0 Å². The molecule has 14 heavy (non-hydrogen) atoms. The predicted molar refractivity (Wildman–Crippen MR) is 56.1 cm³/mol. The Hall–Kier alpha value is -0.570. The second-order valence-electron chi connectivity index (χ2n) is 3.87. The summed E-state index contributed by atoms with van der Waals surface area (Å²) in [6, 6.07) is 0. The Kier molecular flexibility index (Phi) is 7.48. The van der Waals surface area contributed by atoms with Crippen molar-refractivity contribution in [3.63, 3.8) is 0 Å². The van der Waals surface area contributed by atoms with Crippen molar-refractivity contribution in [2.75, 3.05) is 6.61 Å². The minimum absolute atomic E-state index is 0.238. The Morgan fingerprint density at radius 1 is 1.36 bits per heavy atom. The van der Waals surface area contributed by atoms with Gasteiger partial charge in [0.1, 0.15) is 0 Å². The molecule has 84 valence electrons. The van der Waals surface area contributed by atoms with Gasteiger partial charge in [0, 0.05) is 0 Å². The number of hydrogen-bond acceptors (Lipinski definition) is 2. The molecule has 2 unspecified atom stereocenters. The molecule has 2 N–H and O–H groups in total. The van der Waals surface area contributed by atoms with Crippen LogP contribution in [0.5, 0.6) is 0 Å². The highest BCUT2D eigenvalue weighted by Gasteiger charge is 2.20. The Morgan fingerprint density at radius 2 is 2.00 bits per heavy atom. The topological polar surface area (TPSA) is 57.5 Å². The normalized spacial score (nSPS) is 15.1. The summed E-state index contributed by atoms with van der Waals surface area (Å²) < 4.78 is 0. The molecular formula is C11H22O3. The maximum absolute atomic E-state index is 10.7. The average molecular weight is 202 g/mol. The van der Waals surface area contributed by atoms with Gasteiger partial charge in [0.2, 0.25) is 0 Å². The molecule has 0 saturated carbocycles. The standard InChI is InChI=1S/C11H22O3/c1-3-5-6-9(4-2)7-10(8-12)11(13)14/h9-10,12H,3-8H2,1-2H3,(H,13,14). The fourth-order valence-corrected chi connectivity index (χ4v) is 1.64. The number of aliphatic hydroxyl groups excluding tert-OH is 1. The first kappa shape index (κ1) is 13.4. The number of carboxylic acid groups (broad SMARTS) is 1. The first-order valence-electron chi connectivity index (χ1n) is 5.49. The molecule has 3 heteroatoms. The number of carbonyl (C=O) groups is 1. The van der Waals surface area contributed by atoms with Crippen LogP contribution in [-0.2, 0) is 4.79 Å². The summed E-state index contributed by atoms with van der Waals surface area (Å²) in [5.74, 6) is -0.998. The molecule has 3 nitrogen and oxygen atoms in total. The Morgan fingerprint density at radius 3 is 2.36 bits per heavy atom. The number of rotatable bonds is 8. The molecule has 0 saturated heterocycles. The van der Waals surface area contributed by atoms with Gasteiger partial charge in [-0.1, -0.05) is 39.5 Å². The molecule has 0 amide bonds. The summed E-state index contributed by atoms with van der Waals surface area (Å²) in [7, 11) is 0. The molecule has 0 aliphatic rings. The zero-order chi connectivity index (χ0) is 11.0. The summed E-state index contributed by atoms with van der Waals surface area (Å²) in [6.07, 6.45) is 4.99. The van der Waals surface area contributed by atoms with Gasteiger partial charge in [0.25, 0.3) is 0 Å². The molecule has 0 bridgehead atoms. The summed E-state index contributed by atoms with van der Waals surface area (Å²) in [6.45, 7) is 3.97. The molecule has 0 aliphatic heterocycles. The Labute approximate surface area is 86.1 Å². The summed E-state index contributed by atoms with van der Waals surface area (Å²) in [5.41, 5.74) is 0. The van der Waals surface area contributed by atoms with Crippen LogP contribution in [0.1, 0.15) is 46.0 Å². The third-order valence-electron chi connectivity index (χ3n) is 2.73. The second kappa shape index (κ2) is 7.80. The lowest BCUT2D eigenvalue weighted by atomic mass is 9.89. The highest BCUT2D eigenvalue weighted by atomic mass is 16.4. The minimum Gasteiger partial charge on any atom is -0.481 e. The van der Waals surface area contributed by atoms with E-state index in [0.29, 0.717) is 12.3 Å². The number of unbranched alkanes of at least 4 members (excludes halogenated alkanes) is 1. The van der Waals surface area contributed by atoms with Crippen molar-refractivity contribution >= 4 is 5.97 Å². The average Bonchev–Trinajstić information content (AvgIpc) is 2.18. The van der Waals surface area contributed by atoms with E-state index in [0.717, 1.165) is 25.7 Å². The third-order valence-corrected chi connectivity index (χ3v) is 2.73. The maximum Gasteiger partial charge on any atom is 0.308 e. The van der Waals surface area contributed by atoms with E-state index in [-0.39, 0.29) is 6.61 Å². The highest BCUT2D eigenvalue weighted by molar-refractivity contribution is 5.70. The Balaban J connectivity index is 3.94. The van der Waals surface area contributed by atoms with Gasteiger partial charge >= 0.3 is 5.97 Å². The van der Waals surface area contributed by atoms with E-state index < -0.39 is 11.9 Å². The molecule has 2 atom stereocenters. The fourth-order valence-electron chi connectivity index (χ4n) is 1.64. The quantitative estimate of drug-likeness (QED) is 0.635. The van der Waals surface area contributed by atoms with Gasteiger partial charge in [-0.15, -0.1) is 0 Å². The Bertz CT molecular complexity index is 157. The van der Waals surface area contributed by atoms with E-state index >= 15 is 0 Å². The van der Waals surface area contributed by atoms with Gasteiger partial charge in [-0.3, -0.25) is 4.79 Å². The van der Waals surface area contributed by atoms with Crippen molar-refractivity contribution in [2.45, 2.75) is 46.0 Å². The lowest BCUT2D eigenvalue weighted by Crippen LogP contribution is -2.21. The molecule has 0 radical (unpaired) electrons. The molecule has 0 spiro atoms. The molecule has 0 aliphatic carbocycles. The molecule has 0 aromatic heterocycles. The maximum atomic E-state index is 10.7. The molecule has 0 aromatic rings. The van der Waals surface area contributed by atoms with Crippen LogP contribution in [-0.4, -0.2) is 22.8 Å². The lowest BCUT2D eigenvalue weighted by Gasteiger charge is -2.17. The monoisotopic (exact) mass is 202 g/mol. The first-order valence-corrected chi connectivity index (χ1v) is 5.49. The SMILES string of the molecule is CCCCC(CC)CC(CO)C(=O)O. The molecular weight excluding hydrogens is 180 g/mol. The van der Waals surface area contributed by atoms with Crippen LogP contribution in [0.25, 0.3) is 0 Å². The van der Waals surface area contributed by atoms with E-state index in [1.54, 1.807) is 0 Å². The second-order valence-corrected chi connectivity index (χ2v) is 3.87. The van der Waals surface area contributed by atoms with Crippen LogP contribution in [0.15, 0.2) is 0 Å². The third kappa shape index (κ3) is 5.22. The zero-order valence-electron chi connectivity index (χ0n) is 9.20.